The zero-order chi connectivity index (χ0) is 16.7. The molecule has 0 aliphatic heterocycles. The average molecular weight is 312 g/mol. The van der Waals surface area contributed by atoms with E-state index in [1.165, 1.54) is 5.56 Å². The van der Waals surface area contributed by atoms with E-state index in [4.69, 9.17) is 0 Å². The molecule has 0 aromatic heterocycles. The van der Waals surface area contributed by atoms with Crippen LogP contribution < -0.4 is 10.6 Å². The van der Waals surface area contributed by atoms with E-state index in [1.807, 2.05) is 42.5 Å². The summed E-state index contributed by atoms with van der Waals surface area (Å²) in [7, 11) is 0. The van der Waals surface area contributed by atoms with Gasteiger partial charge in [-0.25, -0.2) is 9.59 Å². The molecule has 2 amide bonds. The van der Waals surface area contributed by atoms with Gasteiger partial charge in [-0.2, -0.15) is 0 Å². The molecule has 1 atom stereocenters. The van der Waals surface area contributed by atoms with E-state index in [9.17, 15) is 14.7 Å². The normalized spacial score (nSPS) is 11.5. The Labute approximate surface area is 135 Å². The Morgan fingerprint density at radius 2 is 1.65 bits per heavy atom. The standard InChI is InChI=1S/C18H20N2O3/c1-2-13-8-10-15(11-9-13)19-18(23)20-16(17(21)22)12-14-6-4-3-5-7-14/h3-11,16H,2,12H2,1H3,(H,21,22)(H2,19,20,23). The smallest absolute Gasteiger partial charge is 0.326 e. The molecule has 0 bridgehead atoms. The number of rotatable bonds is 6. The highest BCUT2D eigenvalue weighted by molar-refractivity contribution is 5.92. The number of carboxylic acids is 1. The molecule has 0 aliphatic carbocycles. The second-order valence-corrected chi connectivity index (χ2v) is 5.23. The Balaban J connectivity index is 1.96. The van der Waals surface area contributed by atoms with Crippen LogP contribution >= 0.6 is 0 Å². The van der Waals surface area contributed by atoms with Gasteiger partial charge in [-0.05, 0) is 29.7 Å². The van der Waals surface area contributed by atoms with Crippen molar-refractivity contribution in [3.63, 3.8) is 0 Å². The van der Waals surface area contributed by atoms with Crippen molar-refractivity contribution >= 4 is 17.7 Å². The lowest BCUT2D eigenvalue weighted by atomic mass is 10.1. The maximum absolute atomic E-state index is 12.0. The molecular formula is C18H20N2O3. The predicted molar refractivity (Wildman–Crippen MR) is 89.5 cm³/mol. The molecule has 0 heterocycles. The van der Waals surface area contributed by atoms with Crippen LogP contribution in [0.1, 0.15) is 18.1 Å². The lowest BCUT2D eigenvalue weighted by Crippen LogP contribution is -2.44. The van der Waals surface area contributed by atoms with Gasteiger partial charge in [-0.15, -0.1) is 0 Å². The fourth-order valence-electron chi connectivity index (χ4n) is 2.20. The van der Waals surface area contributed by atoms with Crippen LogP contribution in [0.4, 0.5) is 10.5 Å². The molecule has 5 nitrogen and oxygen atoms in total. The third kappa shape index (κ3) is 5.14. The third-order valence-electron chi connectivity index (χ3n) is 3.51. The van der Waals surface area contributed by atoms with Crippen LogP contribution in [0.15, 0.2) is 54.6 Å². The molecule has 23 heavy (non-hydrogen) atoms. The maximum atomic E-state index is 12.0. The fourth-order valence-corrected chi connectivity index (χ4v) is 2.20. The largest absolute Gasteiger partial charge is 0.480 e. The van der Waals surface area contributed by atoms with Crippen molar-refractivity contribution in [3.05, 3.63) is 65.7 Å². The van der Waals surface area contributed by atoms with E-state index in [0.717, 1.165) is 12.0 Å². The van der Waals surface area contributed by atoms with Gasteiger partial charge < -0.3 is 15.7 Å². The first-order chi connectivity index (χ1) is 11.1. The van der Waals surface area contributed by atoms with Gasteiger partial charge in [0.05, 0.1) is 0 Å². The summed E-state index contributed by atoms with van der Waals surface area (Å²) < 4.78 is 0. The number of hydrogen-bond donors (Lipinski definition) is 3. The van der Waals surface area contributed by atoms with Crippen molar-refractivity contribution in [3.8, 4) is 0 Å². The van der Waals surface area contributed by atoms with E-state index >= 15 is 0 Å². The minimum Gasteiger partial charge on any atom is -0.480 e. The summed E-state index contributed by atoms with van der Waals surface area (Å²) in [6.45, 7) is 2.05. The van der Waals surface area contributed by atoms with Gasteiger partial charge in [0.1, 0.15) is 6.04 Å². The molecule has 2 rings (SSSR count). The second kappa shape index (κ2) is 7.98. The van der Waals surface area contributed by atoms with Crippen LogP contribution in [-0.4, -0.2) is 23.1 Å². The molecule has 0 saturated carbocycles. The number of nitrogens with one attached hydrogen (secondary N) is 2. The Hall–Kier alpha value is -2.82. The molecule has 2 aromatic rings. The maximum Gasteiger partial charge on any atom is 0.326 e. The number of aryl methyl sites for hydroxylation is 1. The number of aliphatic carboxylic acids is 1. The topological polar surface area (TPSA) is 78.4 Å². The SMILES string of the molecule is CCc1ccc(NC(=O)NC(Cc2ccccc2)C(=O)O)cc1. The summed E-state index contributed by atoms with van der Waals surface area (Å²) >= 11 is 0. The summed E-state index contributed by atoms with van der Waals surface area (Å²) in [6.07, 6.45) is 1.16. The number of amides is 2. The number of benzene rings is 2. The quantitative estimate of drug-likeness (QED) is 0.767. The summed E-state index contributed by atoms with van der Waals surface area (Å²) in [5.41, 5.74) is 2.65. The molecule has 1 unspecified atom stereocenters. The predicted octanol–water partition coefficient (Wildman–Crippen LogP) is 3.07. The first kappa shape index (κ1) is 16.5. The first-order valence-corrected chi connectivity index (χ1v) is 7.51. The Morgan fingerprint density at radius 3 is 2.22 bits per heavy atom. The number of hydrogen-bond acceptors (Lipinski definition) is 2. The fraction of sp³-hybridized carbons (Fsp3) is 0.222. The summed E-state index contributed by atoms with van der Waals surface area (Å²) in [5.74, 6) is -1.06. The van der Waals surface area contributed by atoms with Crippen LogP contribution in [0.3, 0.4) is 0 Å². The van der Waals surface area contributed by atoms with Crippen LogP contribution in [0, 0.1) is 0 Å². The molecule has 2 aromatic carbocycles. The van der Waals surface area contributed by atoms with Gasteiger partial charge in [-0.1, -0.05) is 49.4 Å². The molecule has 5 heteroatoms. The zero-order valence-corrected chi connectivity index (χ0v) is 13.0. The summed E-state index contributed by atoms with van der Waals surface area (Å²) in [5, 5.41) is 14.4. The van der Waals surface area contributed by atoms with Gasteiger partial charge in [0, 0.05) is 12.1 Å². The van der Waals surface area contributed by atoms with Gasteiger partial charge in [0.25, 0.3) is 0 Å². The van der Waals surface area contributed by atoms with Crippen LogP contribution in [0.25, 0.3) is 0 Å². The highest BCUT2D eigenvalue weighted by Gasteiger charge is 2.20. The zero-order valence-electron chi connectivity index (χ0n) is 13.0. The third-order valence-corrected chi connectivity index (χ3v) is 3.51. The molecular weight excluding hydrogens is 292 g/mol. The van der Waals surface area contributed by atoms with E-state index in [2.05, 4.69) is 17.6 Å². The lowest BCUT2D eigenvalue weighted by molar-refractivity contribution is -0.139. The van der Waals surface area contributed by atoms with Gasteiger partial charge in [-0.3, -0.25) is 0 Å². The van der Waals surface area contributed by atoms with Gasteiger partial charge >= 0.3 is 12.0 Å². The number of carbonyl (C=O) groups is 2. The first-order valence-electron chi connectivity index (χ1n) is 7.51. The minimum atomic E-state index is -1.06. The Kier molecular flexibility index (Phi) is 5.74. The van der Waals surface area contributed by atoms with E-state index < -0.39 is 18.0 Å². The van der Waals surface area contributed by atoms with Crippen LogP contribution in [0.5, 0.6) is 0 Å². The highest BCUT2D eigenvalue weighted by Crippen LogP contribution is 2.10. The molecule has 0 radical (unpaired) electrons. The summed E-state index contributed by atoms with van der Waals surface area (Å²) in [6, 6.07) is 15.1. The second-order valence-electron chi connectivity index (χ2n) is 5.23. The van der Waals surface area contributed by atoms with Crippen molar-refractivity contribution in [2.45, 2.75) is 25.8 Å². The van der Waals surface area contributed by atoms with Crippen LogP contribution in [0.2, 0.25) is 0 Å². The van der Waals surface area contributed by atoms with Crippen molar-refractivity contribution in [1.82, 2.24) is 5.32 Å². The van der Waals surface area contributed by atoms with Crippen molar-refractivity contribution in [2.24, 2.45) is 0 Å². The number of urea groups is 1. The number of carboxylic acid groups (broad SMARTS) is 1. The molecule has 0 fully saturated rings. The average Bonchev–Trinajstić information content (AvgIpc) is 2.56. The van der Waals surface area contributed by atoms with E-state index in [-0.39, 0.29) is 6.42 Å². The van der Waals surface area contributed by atoms with Crippen molar-refractivity contribution in [1.29, 1.82) is 0 Å². The monoisotopic (exact) mass is 312 g/mol. The summed E-state index contributed by atoms with van der Waals surface area (Å²) in [4.78, 5) is 23.3. The van der Waals surface area contributed by atoms with E-state index in [0.29, 0.717) is 5.69 Å². The highest BCUT2D eigenvalue weighted by atomic mass is 16.4. The molecule has 0 saturated heterocycles. The van der Waals surface area contributed by atoms with E-state index in [1.54, 1.807) is 12.1 Å². The van der Waals surface area contributed by atoms with Crippen molar-refractivity contribution < 1.29 is 14.7 Å². The molecule has 3 N–H and O–H groups in total. The van der Waals surface area contributed by atoms with Crippen molar-refractivity contribution in [2.75, 3.05) is 5.32 Å². The molecule has 0 spiro atoms. The van der Waals surface area contributed by atoms with Gasteiger partial charge in [0.2, 0.25) is 0 Å². The van der Waals surface area contributed by atoms with Crippen LogP contribution in [-0.2, 0) is 17.6 Å². The Morgan fingerprint density at radius 1 is 1.00 bits per heavy atom. The lowest BCUT2D eigenvalue weighted by Gasteiger charge is -2.15. The molecule has 0 aliphatic rings. The Bertz CT molecular complexity index is 654. The number of anilines is 1. The number of carbonyl (C=O) groups excluding carboxylic acids is 1. The molecule has 120 valence electrons. The van der Waals surface area contributed by atoms with Gasteiger partial charge in [0.15, 0.2) is 0 Å². The minimum absolute atomic E-state index is 0.234.